The van der Waals surface area contributed by atoms with Crippen molar-refractivity contribution in [1.82, 2.24) is 10.3 Å². The quantitative estimate of drug-likeness (QED) is 0.905. The van der Waals surface area contributed by atoms with Gasteiger partial charge < -0.3 is 14.5 Å². The molecule has 0 aliphatic carbocycles. The van der Waals surface area contributed by atoms with Gasteiger partial charge >= 0.3 is 0 Å². The Hall–Kier alpha value is -1.46. The van der Waals surface area contributed by atoms with Crippen molar-refractivity contribution in [3.8, 4) is 0 Å². The third-order valence-electron chi connectivity index (χ3n) is 3.23. The van der Waals surface area contributed by atoms with Crippen molar-refractivity contribution in [2.45, 2.75) is 18.9 Å². The van der Waals surface area contributed by atoms with Crippen molar-refractivity contribution >= 4 is 11.1 Å². The van der Waals surface area contributed by atoms with Crippen LogP contribution in [0.25, 0.3) is 11.1 Å². The second-order valence-electron chi connectivity index (χ2n) is 4.47. The number of halogens is 1. The number of aromatic nitrogens is 1. The summed E-state index contributed by atoms with van der Waals surface area (Å²) in [7, 11) is 0. The van der Waals surface area contributed by atoms with E-state index in [9.17, 15) is 4.39 Å². The highest BCUT2D eigenvalue weighted by molar-refractivity contribution is 5.72. The number of fused-ring (bicyclic) bond motifs is 1. The Morgan fingerprint density at radius 3 is 3.17 bits per heavy atom. The molecule has 4 nitrogen and oxygen atoms in total. The lowest BCUT2D eigenvalue weighted by molar-refractivity contribution is 0.186. The van der Waals surface area contributed by atoms with E-state index in [0.717, 1.165) is 6.54 Å². The van der Waals surface area contributed by atoms with Crippen molar-refractivity contribution in [3.63, 3.8) is 0 Å². The molecule has 1 aliphatic rings. The molecule has 2 heterocycles. The minimum absolute atomic E-state index is 0.0976. The summed E-state index contributed by atoms with van der Waals surface area (Å²) in [5, 5.41) is 3.35. The molecule has 2 atom stereocenters. The van der Waals surface area contributed by atoms with Gasteiger partial charge in [-0.05, 0) is 18.7 Å². The number of ether oxygens (including phenoxy) is 1. The fourth-order valence-corrected chi connectivity index (χ4v) is 2.34. The SMILES string of the molecule is CCNC1COCC1c1nc2cc(F)ccc2o1. The molecule has 1 aromatic carbocycles. The molecule has 0 spiro atoms. The number of nitrogens with zero attached hydrogens (tertiary/aromatic N) is 1. The van der Waals surface area contributed by atoms with Crippen molar-refractivity contribution in [3.05, 3.63) is 29.9 Å². The maximum absolute atomic E-state index is 13.1. The van der Waals surface area contributed by atoms with Gasteiger partial charge in [0.1, 0.15) is 11.3 Å². The number of rotatable bonds is 3. The first-order valence-electron chi connectivity index (χ1n) is 6.15. The number of likely N-dealkylation sites (N-methyl/N-ethyl adjacent to an activating group) is 1. The van der Waals surface area contributed by atoms with Gasteiger partial charge in [0.2, 0.25) is 5.89 Å². The van der Waals surface area contributed by atoms with E-state index in [1.54, 1.807) is 6.07 Å². The van der Waals surface area contributed by atoms with Gasteiger partial charge in [-0.25, -0.2) is 9.37 Å². The lowest BCUT2D eigenvalue weighted by atomic mass is 10.0. The molecule has 18 heavy (non-hydrogen) atoms. The van der Waals surface area contributed by atoms with Gasteiger partial charge in [-0.1, -0.05) is 6.92 Å². The van der Waals surface area contributed by atoms with Crippen LogP contribution in [0, 0.1) is 5.82 Å². The van der Waals surface area contributed by atoms with E-state index in [1.165, 1.54) is 12.1 Å². The zero-order valence-corrected chi connectivity index (χ0v) is 10.1. The van der Waals surface area contributed by atoms with Gasteiger partial charge in [-0.2, -0.15) is 0 Å². The summed E-state index contributed by atoms with van der Waals surface area (Å²) < 4.78 is 24.2. The van der Waals surface area contributed by atoms with E-state index >= 15 is 0 Å². The average Bonchev–Trinajstić information content (AvgIpc) is 2.94. The van der Waals surface area contributed by atoms with E-state index in [2.05, 4.69) is 17.2 Å². The molecule has 3 rings (SSSR count). The van der Waals surface area contributed by atoms with Crippen LogP contribution in [0.1, 0.15) is 18.7 Å². The number of oxazole rings is 1. The minimum Gasteiger partial charge on any atom is -0.440 e. The van der Waals surface area contributed by atoms with Crippen LogP contribution in [-0.2, 0) is 4.74 Å². The summed E-state index contributed by atoms with van der Waals surface area (Å²) in [6.45, 7) is 4.18. The molecule has 1 aliphatic heterocycles. The van der Waals surface area contributed by atoms with Gasteiger partial charge in [-0.15, -0.1) is 0 Å². The third kappa shape index (κ3) is 2.00. The summed E-state index contributed by atoms with van der Waals surface area (Å²) in [5.74, 6) is 0.424. The maximum atomic E-state index is 13.1. The monoisotopic (exact) mass is 250 g/mol. The molecule has 2 aromatic rings. The minimum atomic E-state index is -0.298. The Morgan fingerprint density at radius 1 is 1.44 bits per heavy atom. The van der Waals surface area contributed by atoms with Crippen LogP contribution in [0.3, 0.4) is 0 Å². The molecule has 96 valence electrons. The molecule has 0 radical (unpaired) electrons. The van der Waals surface area contributed by atoms with E-state index in [4.69, 9.17) is 9.15 Å². The fraction of sp³-hybridized carbons (Fsp3) is 0.462. The summed E-state index contributed by atoms with van der Waals surface area (Å²) in [5.41, 5.74) is 1.18. The first kappa shape index (κ1) is 11.6. The number of hydrogen-bond acceptors (Lipinski definition) is 4. The van der Waals surface area contributed by atoms with Crippen molar-refractivity contribution < 1.29 is 13.5 Å². The predicted molar refractivity (Wildman–Crippen MR) is 65.0 cm³/mol. The third-order valence-corrected chi connectivity index (χ3v) is 3.23. The van der Waals surface area contributed by atoms with Crippen LogP contribution in [0.4, 0.5) is 4.39 Å². The highest BCUT2D eigenvalue weighted by Gasteiger charge is 2.32. The lowest BCUT2D eigenvalue weighted by Crippen LogP contribution is -2.34. The molecule has 1 aromatic heterocycles. The molecule has 1 fully saturated rings. The summed E-state index contributed by atoms with van der Waals surface area (Å²) >= 11 is 0. The average molecular weight is 250 g/mol. The molecule has 0 saturated carbocycles. The maximum Gasteiger partial charge on any atom is 0.202 e. The lowest BCUT2D eigenvalue weighted by Gasteiger charge is -2.14. The highest BCUT2D eigenvalue weighted by atomic mass is 19.1. The van der Waals surface area contributed by atoms with Crippen molar-refractivity contribution in [2.75, 3.05) is 19.8 Å². The van der Waals surface area contributed by atoms with E-state index < -0.39 is 0 Å². The topological polar surface area (TPSA) is 47.3 Å². The molecule has 0 bridgehead atoms. The van der Waals surface area contributed by atoms with Gasteiger partial charge in [0, 0.05) is 12.1 Å². The molecule has 0 amide bonds. The standard InChI is InChI=1S/C13H15FN2O2/c1-2-15-11-7-17-6-9(11)13-16-10-5-8(14)3-4-12(10)18-13/h3-5,9,11,15H,2,6-7H2,1H3. The summed E-state index contributed by atoms with van der Waals surface area (Å²) in [6.07, 6.45) is 0. The molecule has 5 heteroatoms. The number of benzene rings is 1. The zero-order chi connectivity index (χ0) is 12.5. The van der Waals surface area contributed by atoms with Gasteiger partial charge in [0.25, 0.3) is 0 Å². The Morgan fingerprint density at radius 2 is 2.33 bits per heavy atom. The zero-order valence-electron chi connectivity index (χ0n) is 10.1. The Bertz CT molecular complexity index is 555. The summed E-state index contributed by atoms with van der Waals surface area (Å²) in [6, 6.07) is 4.59. The van der Waals surface area contributed by atoms with Crippen LogP contribution < -0.4 is 5.32 Å². The fourth-order valence-electron chi connectivity index (χ4n) is 2.34. The van der Waals surface area contributed by atoms with Gasteiger partial charge in [0.15, 0.2) is 5.58 Å². The van der Waals surface area contributed by atoms with Gasteiger partial charge in [0.05, 0.1) is 19.1 Å². The molecular weight excluding hydrogens is 235 g/mol. The number of nitrogens with one attached hydrogen (secondary N) is 1. The van der Waals surface area contributed by atoms with Gasteiger partial charge in [-0.3, -0.25) is 0 Å². The molecular formula is C13H15FN2O2. The first-order chi connectivity index (χ1) is 8.78. The smallest absolute Gasteiger partial charge is 0.202 e. The molecule has 1 N–H and O–H groups in total. The second-order valence-corrected chi connectivity index (χ2v) is 4.47. The predicted octanol–water partition coefficient (Wildman–Crippen LogP) is 2.06. The Balaban J connectivity index is 1.93. The summed E-state index contributed by atoms with van der Waals surface area (Å²) in [4.78, 5) is 4.36. The molecule has 1 saturated heterocycles. The van der Waals surface area contributed by atoms with Crippen LogP contribution >= 0.6 is 0 Å². The van der Waals surface area contributed by atoms with E-state index in [1.807, 2.05) is 0 Å². The Labute approximate surface area is 104 Å². The highest BCUT2D eigenvalue weighted by Crippen LogP contribution is 2.28. The van der Waals surface area contributed by atoms with Crippen molar-refractivity contribution in [2.24, 2.45) is 0 Å². The van der Waals surface area contributed by atoms with Crippen LogP contribution in [0.15, 0.2) is 22.6 Å². The first-order valence-corrected chi connectivity index (χ1v) is 6.15. The second kappa shape index (κ2) is 4.66. The van der Waals surface area contributed by atoms with Crippen LogP contribution in [-0.4, -0.2) is 30.8 Å². The normalized spacial score (nSPS) is 23.9. The van der Waals surface area contributed by atoms with E-state index in [-0.39, 0.29) is 17.8 Å². The number of hydrogen-bond donors (Lipinski definition) is 1. The van der Waals surface area contributed by atoms with Crippen LogP contribution in [0.5, 0.6) is 0 Å². The van der Waals surface area contributed by atoms with E-state index in [0.29, 0.717) is 30.2 Å². The van der Waals surface area contributed by atoms with Crippen molar-refractivity contribution in [1.29, 1.82) is 0 Å². The Kier molecular flexibility index (Phi) is 3.01. The van der Waals surface area contributed by atoms with Crippen LogP contribution in [0.2, 0.25) is 0 Å². The largest absolute Gasteiger partial charge is 0.440 e. The molecule has 2 unspecified atom stereocenters.